The van der Waals surface area contributed by atoms with Gasteiger partial charge in [-0.2, -0.15) is 13.2 Å². The normalized spacial score (nSPS) is 11.5. The van der Waals surface area contributed by atoms with E-state index in [9.17, 15) is 18.0 Å². The minimum atomic E-state index is -4.49. The molecule has 1 heterocycles. The van der Waals surface area contributed by atoms with Gasteiger partial charge in [-0.25, -0.2) is 4.68 Å². The summed E-state index contributed by atoms with van der Waals surface area (Å²) in [5.41, 5.74) is 1.18. The Morgan fingerprint density at radius 1 is 1.18 bits per heavy atom. The minimum Gasteiger partial charge on any atom is -0.346 e. The van der Waals surface area contributed by atoms with Crippen molar-refractivity contribution in [3.63, 3.8) is 0 Å². The maximum absolute atomic E-state index is 13.1. The van der Waals surface area contributed by atoms with Crippen LogP contribution in [0.5, 0.6) is 0 Å². The molecule has 5 nitrogen and oxygen atoms in total. The molecule has 0 saturated carbocycles. The molecule has 0 saturated heterocycles. The Balaban J connectivity index is 1.80. The van der Waals surface area contributed by atoms with Gasteiger partial charge in [-0.15, -0.1) is 5.10 Å². The predicted octanol–water partition coefficient (Wildman–Crippen LogP) is 4.49. The van der Waals surface area contributed by atoms with Gasteiger partial charge in [0.05, 0.1) is 16.9 Å². The summed E-state index contributed by atoms with van der Waals surface area (Å²) in [7, 11) is 0. The molecule has 0 atom stereocenters. The fourth-order valence-corrected chi connectivity index (χ4v) is 2.88. The van der Waals surface area contributed by atoms with Crippen LogP contribution >= 0.6 is 11.6 Å². The van der Waals surface area contributed by atoms with Gasteiger partial charge >= 0.3 is 6.18 Å². The van der Waals surface area contributed by atoms with Crippen molar-refractivity contribution >= 4 is 17.5 Å². The molecule has 0 aliphatic carbocycles. The molecule has 0 aliphatic heterocycles. The van der Waals surface area contributed by atoms with Crippen molar-refractivity contribution < 1.29 is 18.0 Å². The van der Waals surface area contributed by atoms with Crippen molar-refractivity contribution in [2.45, 2.75) is 26.6 Å². The Hall–Kier alpha value is -2.87. The molecule has 1 amide bonds. The average molecular weight is 409 g/mol. The average Bonchev–Trinajstić information content (AvgIpc) is 3.03. The number of nitrogens with one attached hydrogen (secondary N) is 1. The van der Waals surface area contributed by atoms with Gasteiger partial charge in [0.15, 0.2) is 5.69 Å². The van der Waals surface area contributed by atoms with Crippen LogP contribution in [0.15, 0.2) is 42.5 Å². The topological polar surface area (TPSA) is 59.8 Å². The summed E-state index contributed by atoms with van der Waals surface area (Å²) < 4.78 is 40.6. The molecular formula is C19H16ClF3N4O. The zero-order valence-corrected chi connectivity index (χ0v) is 15.8. The molecule has 9 heteroatoms. The van der Waals surface area contributed by atoms with Crippen LogP contribution < -0.4 is 5.32 Å². The summed E-state index contributed by atoms with van der Waals surface area (Å²) in [6, 6.07) is 10.4. The summed E-state index contributed by atoms with van der Waals surface area (Å²) in [4.78, 5) is 12.4. The number of hydrogen-bond donors (Lipinski definition) is 1. The van der Waals surface area contributed by atoms with Gasteiger partial charge in [-0.3, -0.25) is 4.79 Å². The monoisotopic (exact) mass is 408 g/mol. The van der Waals surface area contributed by atoms with Gasteiger partial charge in [0.25, 0.3) is 5.91 Å². The maximum Gasteiger partial charge on any atom is 0.416 e. The maximum atomic E-state index is 13.1. The van der Waals surface area contributed by atoms with E-state index in [0.717, 1.165) is 11.6 Å². The molecule has 3 aromatic rings. The molecule has 0 fully saturated rings. The van der Waals surface area contributed by atoms with E-state index >= 15 is 0 Å². The van der Waals surface area contributed by atoms with Gasteiger partial charge < -0.3 is 5.32 Å². The first-order chi connectivity index (χ1) is 13.2. The first-order valence-corrected chi connectivity index (χ1v) is 8.68. The first-order valence-electron chi connectivity index (χ1n) is 8.30. The largest absolute Gasteiger partial charge is 0.416 e. The highest BCUT2D eigenvalue weighted by molar-refractivity contribution is 6.31. The van der Waals surface area contributed by atoms with Crippen LogP contribution in [0.4, 0.5) is 13.2 Å². The molecule has 0 radical (unpaired) electrons. The van der Waals surface area contributed by atoms with Gasteiger partial charge in [-0.05, 0) is 43.2 Å². The highest BCUT2D eigenvalue weighted by atomic mass is 35.5. The van der Waals surface area contributed by atoms with Crippen LogP contribution in [0.1, 0.15) is 32.9 Å². The molecule has 0 bridgehead atoms. The van der Waals surface area contributed by atoms with Crippen LogP contribution in [0.2, 0.25) is 5.02 Å². The zero-order chi connectivity index (χ0) is 20.5. The van der Waals surface area contributed by atoms with E-state index in [2.05, 4.69) is 15.6 Å². The fourth-order valence-electron chi connectivity index (χ4n) is 2.71. The van der Waals surface area contributed by atoms with Crippen molar-refractivity contribution in [3.8, 4) is 5.69 Å². The Morgan fingerprint density at radius 3 is 2.57 bits per heavy atom. The molecule has 0 unspecified atom stereocenters. The fraction of sp³-hybridized carbons (Fsp3) is 0.211. The highest BCUT2D eigenvalue weighted by Gasteiger charge is 2.33. The minimum absolute atomic E-state index is 0.0289. The number of rotatable bonds is 4. The molecule has 0 spiro atoms. The number of amides is 1. The number of hydrogen-bond acceptors (Lipinski definition) is 3. The van der Waals surface area contributed by atoms with Crippen molar-refractivity contribution in [1.82, 2.24) is 20.3 Å². The molecule has 2 aromatic carbocycles. The molecule has 146 valence electrons. The lowest BCUT2D eigenvalue weighted by Gasteiger charge is -2.13. The highest BCUT2D eigenvalue weighted by Crippen LogP contribution is 2.31. The van der Waals surface area contributed by atoms with Gasteiger partial charge in [0, 0.05) is 11.6 Å². The van der Waals surface area contributed by atoms with E-state index in [1.807, 2.05) is 13.0 Å². The van der Waals surface area contributed by atoms with E-state index in [1.54, 1.807) is 19.1 Å². The number of halogens is 4. The second kappa shape index (κ2) is 7.63. The number of aryl methyl sites for hydroxylation is 1. The van der Waals surface area contributed by atoms with E-state index < -0.39 is 17.6 Å². The molecule has 1 aromatic heterocycles. The number of nitrogens with zero attached hydrogens (tertiary/aromatic N) is 3. The van der Waals surface area contributed by atoms with Gasteiger partial charge in [-0.1, -0.05) is 41.1 Å². The number of benzene rings is 2. The lowest BCUT2D eigenvalue weighted by atomic mass is 10.1. The summed E-state index contributed by atoms with van der Waals surface area (Å²) in [5, 5.41) is 10.8. The third-order valence-corrected chi connectivity index (χ3v) is 4.68. The van der Waals surface area contributed by atoms with Crippen molar-refractivity contribution in [2.75, 3.05) is 0 Å². The Kier molecular flexibility index (Phi) is 5.42. The molecule has 0 aliphatic rings. The number of carbonyl (C=O) groups excluding carboxylic acids is 1. The van der Waals surface area contributed by atoms with Crippen molar-refractivity contribution in [1.29, 1.82) is 0 Å². The summed E-state index contributed by atoms with van der Waals surface area (Å²) in [6.07, 6.45) is -4.49. The third-order valence-electron chi connectivity index (χ3n) is 4.27. The van der Waals surface area contributed by atoms with Crippen LogP contribution in [-0.4, -0.2) is 20.9 Å². The predicted molar refractivity (Wildman–Crippen MR) is 98.5 cm³/mol. The van der Waals surface area contributed by atoms with Crippen LogP contribution in [-0.2, 0) is 12.7 Å². The summed E-state index contributed by atoms with van der Waals surface area (Å²) in [6.45, 7) is 3.22. The second-order valence-electron chi connectivity index (χ2n) is 6.21. The van der Waals surface area contributed by atoms with E-state index in [1.165, 1.54) is 22.9 Å². The smallest absolute Gasteiger partial charge is 0.346 e. The molecule has 28 heavy (non-hydrogen) atoms. The Labute approximate surface area is 164 Å². The molecule has 1 N–H and O–H groups in total. The van der Waals surface area contributed by atoms with Crippen molar-refractivity contribution in [3.05, 3.63) is 75.6 Å². The van der Waals surface area contributed by atoms with Crippen LogP contribution in [0.25, 0.3) is 5.69 Å². The van der Waals surface area contributed by atoms with Crippen LogP contribution in [0, 0.1) is 13.8 Å². The second-order valence-corrected chi connectivity index (χ2v) is 6.61. The zero-order valence-electron chi connectivity index (χ0n) is 15.0. The lowest BCUT2D eigenvalue weighted by Crippen LogP contribution is -2.25. The number of alkyl halides is 3. The number of carbonyl (C=O) groups is 1. The quantitative estimate of drug-likeness (QED) is 0.692. The Bertz CT molecular complexity index is 1030. The summed E-state index contributed by atoms with van der Waals surface area (Å²) >= 11 is 6.12. The number of aromatic nitrogens is 3. The van der Waals surface area contributed by atoms with Gasteiger partial charge in [0.2, 0.25) is 0 Å². The molecule has 3 rings (SSSR count). The van der Waals surface area contributed by atoms with E-state index in [4.69, 9.17) is 11.6 Å². The van der Waals surface area contributed by atoms with E-state index in [-0.39, 0.29) is 17.8 Å². The first kappa shape index (κ1) is 19.9. The third kappa shape index (κ3) is 4.01. The van der Waals surface area contributed by atoms with Crippen LogP contribution in [0.3, 0.4) is 0 Å². The summed E-state index contributed by atoms with van der Waals surface area (Å²) in [5.74, 6) is -0.612. The Morgan fingerprint density at radius 2 is 1.89 bits per heavy atom. The lowest BCUT2D eigenvalue weighted by molar-refractivity contribution is -0.138. The van der Waals surface area contributed by atoms with Gasteiger partial charge in [0.1, 0.15) is 0 Å². The van der Waals surface area contributed by atoms with E-state index in [0.29, 0.717) is 16.4 Å². The standard InChI is InChI=1S/C19H16ClF3N4O/c1-11-7-8-14(9-16(11)20)27-12(2)17(25-26-27)18(28)24-10-13-5-3-4-6-15(13)19(21,22)23/h3-9H,10H2,1-2H3,(H,24,28). The SMILES string of the molecule is Cc1ccc(-n2nnc(C(=O)NCc3ccccc3C(F)(F)F)c2C)cc1Cl. The molecular weight excluding hydrogens is 393 g/mol. The van der Waals surface area contributed by atoms with Crippen molar-refractivity contribution in [2.24, 2.45) is 0 Å².